The number of nitrogens with zero attached hydrogens (tertiary/aromatic N) is 1. The molecule has 2 aromatic rings. The number of hydrogen-bond donors (Lipinski definition) is 1. The van der Waals surface area contributed by atoms with Crippen molar-refractivity contribution in [2.45, 2.75) is 19.0 Å². The lowest BCUT2D eigenvalue weighted by atomic mass is 10.3. The summed E-state index contributed by atoms with van der Waals surface area (Å²) in [5.74, 6) is 0.215. The van der Waals surface area contributed by atoms with Gasteiger partial charge in [0, 0.05) is 12.1 Å². The third kappa shape index (κ3) is 2.79. The first-order valence-electron chi connectivity index (χ1n) is 6.11. The maximum atomic E-state index is 13.2. The van der Waals surface area contributed by atoms with Crippen LogP contribution < -0.4 is 5.32 Å². The van der Waals surface area contributed by atoms with E-state index in [1.807, 2.05) is 0 Å². The zero-order chi connectivity index (χ0) is 14.3. The Kier molecular flexibility index (Phi) is 3.43. The van der Waals surface area contributed by atoms with E-state index in [1.165, 1.54) is 6.07 Å². The fourth-order valence-corrected chi connectivity index (χ4v) is 4.22. The Bertz CT molecular complexity index is 759. The van der Waals surface area contributed by atoms with Gasteiger partial charge in [-0.15, -0.1) is 0 Å². The summed E-state index contributed by atoms with van der Waals surface area (Å²) in [6.45, 7) is 0.285. The fraction of sp³-hybridized carbons (Fsp3) is 0.417. The Morgan fingerprint density at radius 3 is 3.00 bits per heavy atom. The Balaban J connectivity index is 1.74. The molecule has 1 fully saturated rings. The van der Waals surface area contributed by atoms with E-state index >= 15 is 0 Å². The zero-order valence-electron chi connectivity index (χ0n) is 10.4. The van der Waals surface area contributed by atoms with E-state index in [0.717, 1.165) is 6.07 Å². The molecular formula is C12H12ClFN2O3S. The van der Waals surface area contributed by atoms with Crippen molar-refractivity contribution in [3.63, 3.8) is 0 Å². The van der Waals surface area contributed by atoms with Crippen LogP contribution in [0.25, 0.3) is 11.1 Å². The number of hydrogen-bond acceptors (Lipinski definition) is 5. The van der Waals surface area contributed by atoms with E-state index < -0.39 is 15.7 Å². The maximum Gasteiger partial charge on any atom is 0.209 e. The van der Waals surface area contributed by atoms with Crippen LogP contribution in [0.3, 0.4) is 0 Å². The molecule has 1 aliphatic heterocycles. The van der Waals surface area contributed by atoms with E-state index in [4.69, 9.17) is 16.0 Å². The number of nitrogens with one attached hydrogen (secondary N) is 1. The Morgan fingerprint density at radius 1 is 1.50 bits per heavy atom. The van der Waals surface area contributed by atoms with Crippen LogP contribution in [0.4, 0.5) is 4.39 Å². The van der Waals surface area contributed by atoms with E-state index in [-0.39, 0.29) is 29.1 Å². The second-order valence-electron chi connectivity index (χ2n) is 4.82. The first-order valence-corrected chi connectivity index (χ1v) is 8.31. The molecule has 0 bridgehead atoms. The number of rotatable bonds is 3. The van der Waals surface area contributed by atoms with Gasteiger partial charge in [-0.2, -0.15) is 0 Å². The van der Waals surface area contributed by atoms with Crippen molar-refractivity contribution < 1.29 is 17.2 Å². The smallest absolute Gasteiger partial charge is 0.209 e. The van der Waals surface area contributed by atoms with Gasteiger partial charge < -0.3 is 9.73 Å². The molecule has 1 aromatic carbocycles. The topological polar surface area (TPSA) is 72.2 Å². The summed E-state index contributed by atoms with van der Waals surface area (Å²) in [5.41, 5.74) is 0.690. The molecule has 1 aliphatic rings. The lowest BCUT2D eigenvalue weighted by Crippen LogP contribution is -2.29. The second kappa shape index (κ2) is 4.98. The van der Waals surface area contributed by atoms with E-state index in [9.17, 15) is 12.8 Å². The number of fused-ring (bicyclic) bond motifs is 1. The molecule has 2 heterocycles. The van der Waals surface area contributed by atoms with Crippen molar-refractivity contribution in [1.29, 1.82) is 0 Å². The van der Waals surface area contributed by atoms with Crippen LogP contribution >= 0.6 is 11.6 Å². The SMILES string of the molecule is O=S1(=O)CCC(NCc2nc3cc(F)cc(Cl)c3o2)C1. The molecule has 0 amide bonds. The van der Waals surface area contributed by atoms with Crippen LogP contribution in [0.2, 0.25) is 5.02 Å². The molecule has 8 heteroatoms. The van der Waals surface area contributed by atoms with Crippen molar-refractivity contribution in [2.24, 2.45) is 0 Å². The van der Waals surface area contributed by atoms with Gasteiger partial charge >= 0.3 is 0 Å². The molecule has 3 rings (SSSR count). The molecule has 1 unspecified atom stereocenters. The highest BCUT2D eigenvalue weighted by Gasteiger charge is 2.27. The van der Waals surface area contributed by atoms with Crippen molar-refractivity contribution in [3.8, 4) is 0 Å². The number of halogens is 2. The third-order valence-electron chi connectivity index (χ3n) is 3.23. The van der Waals surface area contributed by atoms with Crippen molar-refractivity contribution in [3.05, 3.63) is 28.9 Å². The molecule has 0 radical (unpaired) electrons. The van der Waals surface area contributed by atoms with Crippen LogP contribution in [0.5, 0.6) is 0 Å². The molecular weight excluding hydrogens is 307 g/mol. The Labute approximate surface area is 120 Å². The van der Waals surface area contributed by atoms with E-state index in [1.54, 1.807) is 0 Å². The summed E-state index contributed by atoms with van der Waals surface area (Å²) in [6, 6.07) is 2.31. The minimum atomic E-state index is -2.92. The minimum Gasteiger partial charge on any atom is -0.438 e. The van der Waals surface area contributed by atoms with Crippen molar-refractivity contribution in [1.82, 2.24) is 10.3 Å². The number of oxazole rings is 1. The first-order chi connectivity index (χ1) is 9.43. The minimum absolute atomic E-state index is 0.0952. The molecule has 0 spiro atoms. The molecule has 1 atom stereocenters. The van der Waals surface area contributed by atoms with Gasteiger partial charge in [-0.1, -0.05) is 11.6 Å². The van der Waals surface area contributed by atoms with Gasteiger partial charge in [0.1, 0.15) is 11.3 Å². The molecule has 5 nitrogen and oxygen atoms in total. The first kappa shape index (κ1) is 13.8. The zero-order valence-corrected chi connectivity index (χ0v) is 12.0. The molecule has 1 saturated heterocycles. The van der Waals surface area contributed by atoms with Gasteiger partial charge in [0.25, 0.3) is 0 Å². The molecule has 108 valence electrons. The molecule has 0 saturated carbocycles. The highest BCUT2D eigenvalue weighted by Crippen LogP contribution is 2.25. The van der Waals surface area contributed by atoms with Gasteiger partial charge in [-0.3, -0.25) is 0 Å². The third-order valence-corrected chi connectivity index (χ3v) is 5.28. The monoisotopic (exact) mass is 318 g/mol. The van der Waals surface area contributed by atoms with Crippen LogP contribution in [0, 0.1) is 5.82 Å². The van der Waals surface area contributed by atoms with Gasteiger partial charge in [0.2, 0.25) is 5.89 Å². The van der Waals surface area contributed by atoms with Crippen LogP contribution in [-0.2, 0) is 16.4 Å². The summed E-state index contributed by atoms with van der Waals surface area (Å²) in [6.07, 6.45) is 0.581. The fourth-order valence-electron chi connectivity index (χ4n) is 2.27. The molecule has 1 N–H and O–H groups in total. The van der Waals surface area contributed by atoms with Gasteiger partial charge in [-0.25, -0.2) is 17.8 Å². The summed E-state index contributed by atoms with van der Waals surface area (Å²) < 4.78 is 41.3. The summed E-state index contributed by atoms with van der Waals surface area (Å²) >= 11 is 5.87. The highest BCUT2D eigenvalue weighted by atomic mass is 35.5. The largest absolute Gasteiger partial charge is 0.438 e. The maximum absolute atomic E-state index is 13.2. The summed E-state index contributed by atoms with van der Waals surface area (Å²) in [7, 11) is -2.92. The normalized spacial score (nSPS) is 21.6. The molecule has 1 aromatic heterocycles. The van der Waals surface area contributed by atoms with Gasteiger partial charge in [-0.05, 0) is 12.5 Å². The quantitative estimate of drug-likeness (QED) is 0.935. The average molecular weight is 319 g/mol. The Hall–Kier alpha value is -1.18. The van der Waals surface area contributed by atoms with Crippen molar-refractivity contribution >= 4 is 32.5 Å². The lowest BCUT2D eigenvalue weighted by molar-refractivity contribution is 0.463. The molecule has 0 aliphatic carbocycles. The van der Waals surface area contributed by atoms with Crippen molar-refractivity contribution in [2.75, 3.05) is 11.5 Å². The average Bonchev–Trinajstić information content (AvgIpc) is 2.90. The van der Waals surface area contributed by atoms with Crippen LogP contribution in [0.1, 0.15) is 12.3 Å². The summed E-state index contributed by atoms with van der Waals surface area (Å²) in [5, 5.41) is 3.24. The predicted molar refractivity (Wildman–Crippen MR) is 72.9 cm³/mol. The number of benzene rings is 1. The lowest BCUT2D eigenvalue weighted by Gasteiger charge is -2.07. The second-order valence-corrected chi connectivity index (χ2v) is 7.46. The van der Waals surface area contributed by atoms with Crippen LogP contribution in [0.15, 0.2) is 16.5 Å². The Morgan fingerprint density at radius 2 is 2.30 bits per heavy atom. The summed E-state index contributed by atoms with van der Waals surface area (Å²) in [4.78, 5) is 4.13. The number of aromatic nitrogens is 1. The standard InChI is InChI=1S/C12H12ClFN2O3S/c13-9-3-7(14)4-10-12(9)19-11(16-10)5-15-8-1-2-20(17,18)6-8/h3-4,8,15H,1-2,5-6H2. The van der Waals surface area contributed by atoms with Gasteiger partial charge in [0.05, 0.1) is 23.1 Å². The van der Waals surface area contributed by atoms with Crippen LogP contribution in [-0.4, -0.2) is 30.9 Å². The van der Waals surface area contributed by atoms with E-state index in [2.05, 4.69) is 10.3 Å². The predicted octanol–water partition coefficient (Wildman–Crippen LogP) is 1.90. The highest BCUT2D eigenvalue weighted by molar-refractivity contribution is 7.91. The van der Waals surface area contributed by atoms with Gasteiger partial charge in [0.15, 0.2) is 15.4 Å². The number of sulfone groups is 1. The van der Waals surface area contributed by atoms with E-state index in [0.29, 0.717) is 23.4 Å². The molecule has 20 heavy (non-hydrogen) atoms.